The van der Waals surface area contributed by atoms with E-state index in [1.165, 1.54) is 10.9 Å². The average molecular weight is 190 g/mol. The molecule has 0 bridgehead atoms. The molecule has 1 fully saturated rings. The van der Waals surface area contributed by atoms with Crippen molar-refractivity contribution >= 4 is 10.2 Å². The number of aromatic nitrogens is 2. The van der Waals surface area contributed by atoms with Crippen LogP contribution in [0.15, 0.2) is 17.3 Å². The lowest BCUT2D eigenvalue weighted by molar-refractivity contribution is 0.551. The lowest BCUT2D eigenvalue weighted by Crippen LogP contribution is -1.93. The smallest absolute Gasteiger partial charge is 0.268 e. The van der Waals surface area contributed by atoms with Gasteiger partial charge < -0.3 is 0 Å². The highest BCUT2D eigenvalue weighted by atomic mass is 32.3. The van der Waals surface area contributed by atoms with E-state index in [0.29, 0.717) is 0 Å². The van der Waals surface area contributed by atoms with Crippen LogP contribution in [0.2, 0.25) is 0 Å². The third-order valence-corrected chi connectivity index (χ3v) is 2.55. The van der Waals surface area contributed by atoms with Crippen molar-refractivity contribution in [3.63, 3.8) is 0 Å². The first-order valence-corrected chi connectivity index (χ1v) is 4.94. The summed E-state index contributed by atoms with van der Waals surface area (Å²) in [5.74, 6) is 0. The second kappa shape index (κ2) is 2.29. The number of rotatable bonds is 2. The fourth-order valence-corrected chi connectivity index (χ4v) is 1.39. The first-order chi connectivity index (χ1) is 5.57. The second-order valence-corrected chi connectivity index (χ2v) is 4.17. The quantitative estimate of drug-likeness (QED) is 0.650. The van der Waals surface area contributed by atoms with Crippen molar-refractivity contribution in [1.29, 1.82) is 0 Å². The molecule has 1 aromatic heterocycles. The molecule has 4 nitrogen and oxygen atoms in total. The Balaban J connectivity index is 2.35. The first-order valence-electron chi connectivity index (χ1n) is 3.56. The summed E-state index contributed by atoms with van der Waals surface area (Å²) in [7, 11) is -4.57. The Morgan fingerprint density at radius 2 is 2.25 bits per heavy atom. The van der Waals surface area contributed by atoms with Gasteiger partial charge in [-0.1, -0.05) is 0 Å². The van der Waals surface area contributed by atoms with Crippen LogP contribution in [0.4, 0.5) is 3.89 Å². The molecule has 0 aromatic carbocycles. The van der Waals surface area contributed by atoms with Crippen molar-refractivity contribution in [2.45, 2.75) is 23.8 Å². The van der Waals surface area contributed by atoms with E-state index in [1.807, 2.05) is 0 Å². The van der Waals surface area contributed by atoms with Gasteiger partial charge in [0.25, 0.3) is 0 Å². The molecule has 0 spiro atoms. The number of hydrogen-bond acceptors (Lipinski definition) is 3. The molecule has 2 rings (SSSR count). The molecule has 1 aromatic rings. The van der Waals surface area contributed by atoms with E-state index in [9.17, 15) is 12.3 Å². The molecule has 0 unspecified atom stereocenters. The molecule has 0 radical (unpaired) electrons. The van der Waals surface area contributed by atoms with Gasteiger partial charge in [-0.3, -0.25) is 4.68 Å². The van der Waals surface area contributed by atoms with Crippen LogP contribution >= 0.6 is 0 Å². The maximum Gasteiger partial charge on any atom is 0.335 e. The Morgan fingerprint density at radius 1 is 1.58 bits per heavy atom. The van der Waals surface area contributed by atoms with E-state index in [-0.39, 0.29) is 10.9 Å². The standard InChI is InChI=1S/C6H7FN2O2S/c7-12(10,11)6-3-8-9(4-6)5-1-2-5/h3-5H,1-2H2. The van der Waals surface area contributed by atoms with Gasteiger partial charge in [0, 0.05) is 6.20 Å². The fourth-order valence-electron chi connectivity index (χ4n) is 0.985. The van der Waals surface area contributed by atoms with Crippen molar-refractivity contribution in [2.24, 2.45) is 0 Å². The van der Waals surface area contributed by atoms with E-state index in [2.05, 4.69) is 5.10 Å². The van der Waals surface area contributed by atoms with Crippen molar-refractivity contribution < 1.29 is 12.3 Å². The van der Waals surface area contributed by atoms with Gasteiger partial charge in [-0.25, -0.2) is 0 Å². The molecule has 66 valence electrons. The highest BCUT2D eigenvalue weighted by molar-refractivity contribution is 7.86. The van der Waals surface area contributed by atoms with Crippen molar-refractivity contribution in [1.82, 2.24) is 9.78 Å². The molecule has 0 saturated heterocycles. The van der Waals surface area contributed by atoms with Crippen molar-refractivity contribution in [3.05, 3.63) is 12.4 Å². The minimum atomic E-state index is -4.57. The Bertz CT molecular complexity index is 393. The highest BCUT2D eigenvalue weighted by Gasteiger charge is 2.26. The van der Waals surface area contributed by atoms with Gasteiger partial charge in [-0.2, -0.15) is 13.5 Å². The van der Waals surface area contributed by atoms with Gasteiger partial charge in [0.1, 0.15) is 4.90 Å². The van der Waals surface area contributed by atoms with E-state index < -0.39 is 10.2 Å². The maximum atomic E-state index is 12.3. The summed E-state index contributed by atoms with van der Waals surface area (Å²) in [5, 5.41) is 3.74. The normalized spacial score (nSPS) is 18.1. The molecule has 0 atom stereocenters. The summed E-state index contributed by atoms with van der Waals surface area (Å²) in [6.45, 7) is 0. The Labute approximate surface area is 69.2 Å². The summed E-state index contributed by atoms with van der Waals surface area (Å²) >= 11 is 0. The van der Waals surface area contributed by atoms with Crippen LogP contribution in [0, 0.1) is 0 Å². The fraction of sp³-hybridized carbons (Fsp3) is 0.500. The van der Waals surface area contributed by atoms with Crippen LogP contribution in [-0.4, -0.2) is 18.2 Å². The monoisotopic (exact) mass is 190 g/mol. The van der Waals surface area contributed by atoms with Crippen LogP contribution in [0.1, 0.15) is 18.9 Å². The zero-order chi connectivity index (χ0) is 8.77. The van der Waals surface area contributed by atoms with E-state index in [0.717, 1.165) is 19.0 Å². The van der Waals surface area contributed by atoms with Gasteiger partial charge in [-0.15, -0.1) is 3.89 Å². The molecule has 1 heterocycles. The van der Waals surface area contributed by atoms with Crippen LogP contribution in [0.25, 0.3) is 0 Å². The van der Waals surface area contributed by atoms with Crippen LogP contribution in [0.3, 0.4) is 0 Å². The van der Waals surface area contributed by atoms with Crippen LogP contribution < -0.4 is 0 Å². The Kier molecular flexibility index (Phi) is 1.47. The van der Waals surface area contributed by atoms with Gasteiger partial charge in [0.15, 0.2) is 0 Å². The summed E-state index contributed by atoms with van der Waals surface area (Å²) < 4.78 is 34.6. The molecule has 0 N–H and O–H groups in total. The molecule has 1 saturated carbocycles. The van der Waals surface area contributed by atoms with Gasteiger partial charge >= 0.3 is 10.2 Å². The Morgan fingerprint density at radius 3 is 2.67 bits per heavy atom. The summed E-state index contributed by atoms with van der Waals surface area (Å²) in [6.07, 6.45) is 4.25. The highest BCUT2D eigenvalue weighted by Crippen LogP contribution is 2.34. The third-order valence-electron chi connectivity index (χ3n) is 1.78. The number of nitrogens with zero attached hydrogens (tertiary/aromatic N) is 2. The van der Waals surface area contributed by atoms with E-state index in [4.69, 9.17) is 0 Å². The van der Waals surface area contributed by atoms with E-state index >= 15 is 0 Å². The van der Waals surface area contributed by atoms with Gasteiger partial charge in [-0.05, 0) is 12.8 Å². The van der Waals surface area contributed by atoms with E-state index in [1.54, 1.807) is 0 Å². The SMILES string of the molecule is O=S(=O)(F)c1cnn(C2CC2)c1. The minimum absolute atomic E-state index is 0.278. The third kappa shape index (κ3) is 1.34. The molecule has 0 amide bonds. The first kappa shape index (κ1) is 7.72. The molecular weight excluding hydrogens is 183 g/mol. The average Bonchev–Trinajstić information content (AvgIpc) is 2.66. The summed E-state index contributed by atoms with van der Waals surface area (Å²) in [4.78, 5) is -0.352. The topological polar surface area (TPSA) is 52.0 Å². The second-order valence-electron chi connectivity index (χ2n) is 2.83. The number of hydrogen-bond donors (Lipinski definition) is 0. The van der Waals surface area contributed by atoms with Gasteiger partial charge in [0.2, 0.25) is 0 Å². The van der Waals surface area contributed by atoms with Gasteiger partial charge in [0.05, 0.1) is 12.2 Å². The zero-order valence-electron chi connectivity index (χ0n) is 6.14. The van der Waals surface area contributed by atoms with Crippen molar-refractivity contribution in [3.8, 4) is 0 Å². The summed E-state index contributed by atoms with van der Waals surface area (Å²) in [6, 6.07) is 0.278. The lowest BCUT2D eigenvalue weighted by atomic mass is 10.7. The van der Waals surface area contributed by atoms with Crippen LogP contribution in [-0.2, 0) is 10.2 Å². The molecule has 1 aliphatic carbocycles. The predicted octanol–water partition coefficient (Wildman–Crippen LogP) is 0.876. The largest absolute Gasteiger partial charge is 0.335 e. The Hall–Kier alpha value is -0.910. The van der Waals surface area contributed by atoms with Crippen molar-refractivity contribution in [2.75, 3.05) is 0 Å². The molecule has 6 heteroatoms. The predicted molar refractivity (Wildman–Crippen MR) is 38.8 cm³/mol. The number of halogens is 1. The minimum Gasteiger partial charge on any atom is -0.268 e. The lowest BCUT2D eigenvalue weighted by Gasteiger charge is -1.92. The molecule has 12 heavy (non-hydrogen) atoms. The zero-order valence-corrected chi connectivity index (χ0v) is 6.96. The van der Waals surface area contributed by atoms with Crippen LogP contribution in [0.5, 0.6) is 0 Å². The summed E-state index contributed by atoms with van der Waals surface area (Å²) in [5.41, 5.74) is 0. The molecular formula is C6H7FN2O2S. The molecule has 1 aliphatic rings. The molecule has 0 aliphatic heterocycles. The maximum absolute atomic E-state index is 12.3.